The summed E-state index contributed by atoms with van der Waals surface area (Å²) in [6.07, 6.45) is 3.13. The van der Waals surface area contributed by atoms with Crippen molar-refractivity contribution in [1.82, 2.24) is 0 Å². The number of anilines is 1. The molecule has 1 aromatic rings. The molecule has 0 radical (unpaired) electrons. The fraction of sp³-hybridized carbons (Fsp3) is 0.429. The summed E-state index contributed by atoms with van der Waals surface area (Å²) >= 11 is 0. The van der Waals surface area contributed by atoms with Crippen molar-refractivity contribution >= 4 is 17.3 Å². The molecule has 1 saturated carbocycles. The summed E-state index contributed by atoms with van der Waals surface area (Å²) in [4.78, 5) is 22.4. The molecule has 3 heteroatoms. The molecule has 1 aliphatic rings. The average Bonchev–Trinajstić information content (AvgIpc) is 2.32. The summed E-state index contributed by atoms with van der Waals surface area (Å²) in [7, 11) is 0. The van der Waals surface area contributed by atoms with Crippen LogP contribution in [0.1, 0.15) is 43.0 Å². The molecule has 0 spiro atoms. The Morgan fingerprint density at radius 3 is 2.65 bits per heavy atom. The Kier molecular flexibility index (Phi) is 3.57. The second-order valence-corrected chi connectivity index (χ2v) is 4.59. The maximum absolute atomic E-state index is 11.3. The van der Waals surface area contributed by atoms with Crippen LogP contribution in [-0.2, 0) is 4.79 Å². The van der Waals surface area contributed by atoms with Crippen molar-refractivity contribution in [2.24, 2.45) is 0 Å². The van der Waals surface area contributed by atoms with Gasteiger partial charge in [0.25, 0.3) is 0 Å². The van der Waals surface area contributed by atoms with Gasteiger partial charge >= 0.3 is 0 Å². The molecule has 0 aliphatic heterocycles. The van der Waals surface area contributed by atoms with Crippen LogP contribution in [0.3, 0.4) is 0 Å². The Labute approximate surface area is 101 Å². The molecule has 0 bridgehead atoms. The third-order valence-corrected chi connectivity index (χ3v) is 3.18. The van der Waals surface area contributed by atoms with Crippen molar-refractivity contribution in [2.45, 2.75) is 38.6 Å². The standard InChI is InChI=1S/C14H17NO2/c1-10(16)11-3-2-4-13(9-11)15-12-5-7-14(17)8-6-12/h2-4,9,12,15H,5-8H2,1H3. The van der Waals surface area contributed by atoms with Gasteiger partial charge in [0.1, 0.15) is 5.78 Å². The Hall–Kier alpha value is -1.64. The first kappa shape index (κ1) is 11.8. The van der Waals surface area contributed by atoms with Crippen molar-refractivity contribution in [2.75, 3.05) is 5.32 Å². The highest BCUT2D eigenvalue weighted by Gasteiger charge is 2.18. The topological polar surface area (TPSA) is 46.2 Å². The van der Waals surface area contributed by atoms with Crippen molar-refractivity contribution in [3.8, 4) is 0 Å². The summed E-state index contributed by atoms with van der Waals surface area (Å²) in [5.74, 6) is 0.438. The van der Waals surface area contributed by atoms with Gasteiger partial charge in [-0.2, -0.15) is 0 Å². The summed E-state index contributed by atoms with van der Waals surface area (Å²) in [6, 6.07) is 7.89. The van der Waals surface area contributed by atoms with Gasteiger partial charge in [0.05, 0.1) is 0 Å². The minimum absolute atomic E-state index is 0.0764. The first-order valence-electron chi connectivity index (χ1n) is 6.04. The van der Waals surface area contributed by atoms with E-state index in [1.54, 1.807) is 6.92 Å². The molecule has 0 heterocycles. The number of carbonyl (C=O) groups is 2. The molecule has 0 amide bonds. The van der Waals surface area contributed by atoms with Gasteiger partial charge in [-0.25, -0.2) is 0 Å². The van der Waals surface area contributed by atoms with Crippen LogP contribution in [-0.4, -0.2) is 17.6 Å². The van der Waals surface area contributed by atoms with Gasteiger partial charge < -0.3 is 5.32 Å². The zero-order chi connectivity index (χ0) is 12.3. The van der Waals surface area contributed by atoms with E-state index in [9.17, 15) is 9.59 Å². The lowest BCUT2D eigenvalue weighted by atomic mass is 9.94. The van der Waals surface area contributed by atoms with E-state index in [1.165, 1.54) is 0 Å². The number of nitrogens with one attached hydrogen (secondary N) is 1. The lowest BCUT2D eigenvalue weighted by Gasteiger charge is -2.23. The van der Waals surface area contributed by atoms with E-state index in [2.05, 4.69) is 5.32 Å². The van der Waals surface area contributed by atoms with Gasteiger partial charge in [0, 0.05) is 30.1 Å². The van der Waals surface area contributed by atoms with Crippen LogP contribution in [0.25, 0.3) is 0 Å². The number of carbonyl (C=O) groups excluding carboxylic acids is 2. The molecule has 17 heavy (non-hydrogen) atoms. The summed E-state index contributed by atoms with van der Waals surface area (Å²) in [5.41, 5.74) is 1.69. The van der Waals surface area contributed by atoms with Crippen LogP contribution in [0.2, 0.25) is 0 Å². The molecular formula is C14H17NO2. The van der Waals surface area contributed by atoms with Gasteiger partial charge in [0.15, 0.2) is 5.78 Å². The Balaban J connectivity index is 2.01. The largest absolute Gasteiger partial charge is 0.382 e. The van der Waals surface area contributed by atoms with Crippen molar-refractivity contribution in [3.05, 3.63) is 29.8 Å². The Morgan fingerprint density at radius 2 is 2.00 bits per heavy atom. The lowest BCUT2D eigenvalue weighted by molar-refractivity contribution is -0.120. The fourth-order valence-electron chi connectivity index (χ4n) is 2.15. The van der Waals surface area contributed by atoms with Crippen LogP contribution < -0.4 is 5.32 Å². The van der Waals surface area contributed by atoms with Gasteiger partial charge in [-0.3, -0.25) is 9.59 Å². The van der Waals surface area contributed by atoms with Gasteiger partial charge in [-0.15, -0.1) is 0 Å². The molecule has 0 unspecified atom stereocenters. The zero-order valence-electron chi connectivity index (χ0n) is 10.0. The highest BCUT2D eigenvalue weighted by molar-refractivity contribution is 5.94. The van der Waals surface area contributed by atoms with Crippen molar-refractivity contribution < 1.29 is 9.59 Å². The van der Waals surface area contributed by atoms with Crippen LogP contribution in [0.4, 0.5) is 5.69 Å². The number of ketones is 2. The molecular weight excluding hydrogens is 214 g/mol. The fourth-order valence-corrected chi connectivity index (χ4v) is 2.15. The SMILES string of the molecule is CC(=O)c1cccc(NC2CCC(=O)CC2)c1. The quantitative estimate of drug-likeness (QED) is 0.814. The van der Waals surface area contributed by atoms with E-state index >= 15 is 0 Å². The van der Waals surface area contributed by atoms with Crippen LogP contribution >= 0.6 is 0 Å². The first-order valence-corrected chi connectivity index (χ1v) is 6.04. The van der Waals surface area contributed by atoms with E-state index in [0.717, 1.165) is 24.1 Å². The summed E-state index contributed by atoms with van der Waals surface area (Å²) < 4.78 is 0. The van der Waals surface area contributed by atoms with Crippen molar-refractivity contribution in [1.29, 1.82) is 0 Å². The van der Waals surface area contributed by atoms with E-state index in [0.29, 0.717) is 24.7 Å². The van der Waals surface area contributed by atoms with Gasteiger partial charge in [0.2, 0.25) is 0 Å². The normalized spacial score (nSPS) is 16.9. The molecule has 0 atom stereocenters. The second-order valence-electron chi connectivity index (χ2n) is 4.59. The maximum Gasteiger partial charge on any atom is 0.159 e. The molecule has 3 nitrogen and oxygen atoms in total. The molecule has 1 aromatic carbocycles. The van der Waals surface area contributed by atoms with E-state index in [4.69, 9.17) is 0 Å². The van der Waals surface area contributed by atoms with E-state index in [-0.39, 0.29) is 5.78 Å². The summed E-state index contributed by atoms with van der Waals surface area (Å²) in [6.45, 7) is 1.57. The molecule has 0 saturated heterocycles. The minimum atomic E-state index is 0.0764. The van der Waals surface area contributed by atoms with Crippen LogP contribution in [0, 0.1) is 0 Å². The molecule has 0 aromatic heterocycles. The molecule has 90 valence electrons. The average molecular weight is 231 g/mol. The predicted molar refractivity (Wildman–Crippen MR) is 67.3 cm³/mol. The highest BCUT2D eigenvalue weighted by Crippen LogP contribution is 2.20. The van der Waals surface area contributed by atoms with E-state index < -0.39 is 0 Å². The number of hydrogen-bond donors (Lipinski definition) is 1. The smallest absolute Gasteiger partial charge is 0.159 e. The zero-order valence-corrected chi connectivity index (χ0v) is 10.0. The number of benzene rings is 1. The predicted octanol–water partition coefficient (Wildman–Crippen LogP) is 2.81. The van der Waals surface area contributed by atoms with Gasteiger partial charge in [-0.1, -0.05) is 12.1 Å². The first-order chi connectivity index (χ1) is 8.15. The number of hydrogen-bond acceptors (Lipinski definition) is 3. The maximum atomic E-state index is 11.3. The molecule has 1 N–H and O–H groups in total. The Morgan fingerprint density at radius 1 is 1.29 bits per heavy atom. The number of Topliss-reactive ketones (excluding diaryl/α,β-unsaturated/α-hetero) is 2. The molecule has 2 rings (SSSR count). The van der Waals surface area contributed by atoms with Gasteiger partial charge in [-0.05, 0) is 31.9 Å². The summed E-state index contributed by atoms with van der Waals surface area (Å²) in [5, 5.41) is 3.39. The van der Waals surface area contributed by atoms with E-state index in [1.807, 2.05) is 24.3 Å². The van der Waals surface area contributed by atoms with Crippen LogP contribution in [0.5, 0.6) is 0 Å². The minimum Gasteiger partial charge on any atom is -0.382 e. The lowest BCUT2D eigenvalue weighted by Crippen LogP contribution is -2.26. The number of rotatable bonds is 3. The second kappa shape index (κ2) is 5.13. The highest BCUT2D eigenvalue weighted by atomic mass is 16.1. The molecule has 1 fully saturated rings. The van der Waals surface area contributed by atoms with Crippen LogP contribution in [0.15, 0.2) is 24.3 Å². The Bertz CT molecular complexity index is 430. The third kappa shape index (κ3) is 3.16. The van der Waals surface area contributed by atoms with Crippen molar-refractivity contribution in [3.63, 3.8) is 0 Å². The third-order valence-electron chi connectivity index (χ3n) is 3.18. The molecule has 1 aliphatic carbocycles. The monoisotopic (exact) mass is 231 g/mol.